The average Bonchev–Trinajstić information content (AvgIpc) is 2.69. The van der Waals surface area contributed by atoms with Crippen molar-refractivity contribution in [3.05, 3.63) is 35.2 Å². The van der Waals surface area contributed by atoms with Crippen LogP contribution >= 0.6 is 11.6 Å². The van der Waals surface area contributed by atoms with Crippen molar-refractivity contribution in [2.45, 2.75) is 5.03 Å². The predicted molar refractivity (Wildman–Crippen MR) is 70.2 cm³/mol. The number of aryl methyl sites for hydroxylation is 1. The van der Waals surface area contributed by atoms with Crippen LogP contribution in [0.1, 0.15) is 10.5 Å². The molecule has 0 atom stereocenters. The van der Waals surface area contributed by atoms with Gasteiger partial charge < -0.3 is 5.11 Å². The molecule has 2 aromatic heterocycles. The number of carbonyl (C=O) groups is 1. The standard InChI is InChI=1S/C10H9ClN4O4S/c1-15-9(7(11)5-13-15)20(18,19)14-6-2-3-12-8(4-6)10(16)17/h2-5H,1H3,(H,12,14)(H,16,17). The molecule has 0 fully saturated rings. The molecule has 0 saturated heterocycles. The number of sulfonamides is 1. The van der Waals surface area contributed by atoms with Gasteiger partial charge in [-0.1, -0.05) is 11.6 Å². The number of carboxylic acid groups (broad SMARTS) is 1. The van der Waals surface area contributed by atoms with Crippen LogP contribution in [0.15, 0.2) is 29.6 Å². The third kappa shape index (κ3) is 2.73. The summed E-state index contributed by atoms with van der Waals surface area (Å²) in [7, 11) is -2.55. The first-order valence-corrected chi connectivity index (χ1v) is 7.07. The van der Waals surface area contributed by atoms with E-state index in [-0.39, 0.29) is 21.4 Å². The van der Waals surface area contributed by atoms with Gasteiger partial charge in [0.1, 0.15) is 5.69 Å². The number of anilines is 1. The average molecular weight is 317 g/mol. The van der Waals surface area contributed by atoms with Crippen LogP contribution in [0.5, 0.6) is 0 Å². The Morgan fingerprint density at radius 2 is 2.20 bits per heavy atom. The molecule has 0 amide bonds. The smallest absolute Gasteiger partial charge is 0.354 e. The van der Waals surface area contributed by atoms with Gasteiger partial charge in [-0.15, -0.1) is 0 Å². The normalized spacial score (nSPS) is 11.3. The van der Waals surface area contributed by atoms with Crippen LogP contribution < -0.4 is 4.72 Å². The molecule has 0 spiro atoms. The van der Waals surface area contributed by atoms with Gasteiger partial charge in [-0.2, -0.15) is 13.5 Å². The topological polar surface area (TPSA) is 114 Å². The zero-order valence-corrected chi connectivity index (χ0v) is 11.7. The predicted octanol–water partition coefficient (Wildman–Crippen LogP) is 0.968. The minimum Gasteiger partial charge on any atom is -0.477 e. The molecule has 0 aliphatic heterocycles. The molecule has 20 heavy (non-hydrogen) atoms. The molecule has 2 aromatic rings. The highest BCUT2D eigenvalue weighted by Gasteiger charge is 2.23. The number of pyridine rings is 1. The SMILES string of the molecule is Cn1ncc(Cl)c1S(=O)(=O)Nc1ccnc(C(=O)O)c1. The molecule has 0 aliphatic carbocycles. The lowest BCUT2D eigenvalue weighted by atomic mass is 10.3. The lowest BCUT2D eigenvalue weighted by molar-refractivity contribution is 0.0690. The summed E-state index contributed by atoms with van der Waals surface area (Å²) in [6, 6.07) is 2.43. The Morgan fingerprint density at radius 1 is 1.50 bits per heavy atom. The summed E-state index contributed by atoms with van der Waals surface area (Å²) in [4.78, 5) is 14.4. The Hall–Kier alpha value is -2.13. The molecular formula is C10H9ClN4O4S. The zero-order chi connectivity index (χ0) is 14.9. The van der Waals surface area contributed by atoms with Crippen molar-refractivity contribution in [2.24, 2.45) is 7.05 Å². The highest BCUT2D eigenvalue weighted by molar-refractivity contribution is 7.92. The highest BCUT2D eigenvalue weighted by atomic mass is 35.5. The van der Waals surface area contributed by atoms with E-state index in [4.69, 9.17) is 16.7 Å². The Labute approximate surface area is 119 Å². The van der Waals surface area contributed by atoms with E-state index in [0.717, 1.165) is 10.7 Å². The van der Waals surface area contributed by atoms with Gasteiger partial charge in [0.05, 0.1) is 16.9 Å². The van der Waals surface area contributed by atoms with Crippen molar-refractivity contribution in [3.63, 3.8) is 0 Å². The molecule has 2 rings (SSSR count). The molecule has 0 bridgehead atoms. The molecule has 106 valence electrons. The molecule has 2 heterocycles. The van der Waals surface area contributed by atoms with Gasteiger partial charge in [-0.05, 0) is 12.1 Å². The summed E-state index contributed by atoms with van der Waals surface area (Å²) in [5.74, 6) is -1.26. The summed E-state index contributed by atoms with van der Waals surface area (Å²) in [6.07, 6.45) is 2.39. The second-order valence-electron chi connectivity index (χ2n) is 3.76. The van der Waals surface area contributed by atoms with Crippen molar-refractivity contribution in [1.82, 2.24) is 14.8 Å². The van der Waals surface area contributed by atoms with E-state index in [1.54, 1.807) is 0 Å². The van der Waals surface area contributed by atoms with E-state index in [0.29, 0.717) is 0 Å². The maximum absolute atomic E-state index is 12.2. The second kappa shape index (κ2) is 5.10. The number of nitrogens with zero attached hydrogens (tertiary/aromatic N) is 3. The summed E-state index contributed by atoms with van der Waals surface area (Å²) >= 11 is 5.77. The quantitative estimate of drug-likeness (QED) is 0.868. The maximum Gasteiger partial charge on any atom is 0.354 e. The molecular weight excluding hydrogens is 308 g/mol. The van der Waals surface area contributed by atoms with Gasteiger partial charge in [0.2, 0.25) is 0 Å². The molecule has 0 radical (unpaired) electrons. The van der Waals surface area contributed by atoms with Crippen LogP contribution in [-0.4, -0.2) is 34.3 Å². The second-order valence-corrected chi connectivity index (χ2v) is 5.77. The number of aromatic carboxylic acids is 1. The molecule has 0 aliphatic rings. The number of halogens is 1. The highest BCUT2D eigenvalue weighted by Crippen LogP contribution is 2.22. The number of nitrogens with one attached hydrogen (secondary N) is 1. The Bertz CT molecular complexity index is 752. The fourth-order valence-electron chi connectivity index (χ4n) is 1.52. The van der Waals surface area contributed by atoms with Gasteiger partial charge in [0.15, 0.2) is 5.03 Å². The summed E-state index contributed by atoms with van der Waals surface area (Å²) in [5.41, 5.74) is -0.212. The van der Waals surface area contributed by atoms with E-state index in [2.05, 4.69) is 14.8 Å². The number of hydrogen-bond donors (Lipinski definition) is 2. The van der Waals surface area contributed by atoms with Crippen molar-refractivity contribution >= 4 is 33.3 Å². The van der Waals surface area contributed by atoms with Gasteiger partial charge in [-0.3, -0.25) is 9.40 Å². The molecule has 2 N–H and O–H groups in total. The van der Waals surface area contributed by atoms with E-state index >= 15 is 0 Å². The fraction of sp³-hybridized carbons (Fsp3) is 0.100. The minimum atomic E-state index is -3.98. The Morgan fingerprint density at radius 3 is 2.75 bits per heavy atom. The van der Waals surface area contributed by atoms with Crippen LogP contribution in [0.3, 0.4) is 0 Å². The molecule has 8 nitrogen and oxygen atoms in total. The van der Waals surface area contributed by atoms with Crippen molar-refractivity contribution in [1.29, 1.82) is 0 Å². The lowest BCUT2D eigenvalue weighted by Crippen LogP contribution is -2.17. The van der Waals surface area contributed by atoms with Crippen molar-refractivity contribution in [3.8, 4) is 0 Å². The van der Waals surface area contributed by atoms with E-state index in [1.165, 1.54) is 25.5 Å². The largest absolute Gasteiger partial charge is 0.477 e. The van der Waals surface area contributed by atoms with Crippen LogP contribution in [0.2, 0.25) is 5.02 Å². The van der Waals surface area contributed by atoms with E-state index in [9.17, 15) is 13.2 Å². The van der Waals surface area contributed by atoms with Crippen LogP contribution in [0.4, 0.5) is 5.69 Å². The van der Waals surface area contributed by atoms with Crippen molar-refractivity contribution < 1.29 is 18.3 Å². The zero-order valence-electron chi connectivity index (χ0n) is 10.1. The molecule has 10 heteroatoms. The van der Waals surface area contributed by atoms with E-state index < -0.39 is 16.0 Å². The summed E-state index contributed by atoms with van der Waals surface area (Å²) in [5, 5.41) is 12.3. The third-order valence-electron chi connectivity index (χ3n) is 2.33. The van der Waals surface area contributed by atoms with Crippen molar-refractivity contribution in [2.75, 3.05) is 4.72 Å². The summed E-state index contributed by atoms with van der Waals surface area (Å²) in [6.45, 7) is 0. The van der Waals surface area contributed by atoms with Gasteiger partial charge in [0.25, 0.3) is 10.0 Å². The fourth-order valence-corrected chi connectivity index (χ4v) is 3.23. The number of hydrogen-bond acceptors (Lipinski definition) is 5. The number of carboxylic acids is 1. The first-order chi connectivity index (χ1) is 9.31. The van der Waals surface area contributed by atoms with E-state index in [1.807, 2.05) is 0 Å². The lowest BCUT2D eigenvalue weighted by Gasteiger charge is -2.08. The molecule has 0 aromatic carbocycles. The Balaban J connectivity index is 2.39. The van der Waals surface area contributed by atoms with Crippen LogP contribution in [0.25, 0.3) is 0 Å². The van der Waals surface area contributed by atoms with Crippen LogP contribution in [0, 0.1) is 0 Å². The molecule has 0 unspecified atom stereocenters. The molecule has 0 saturated carbocycles. The van der Waals surface area contributed by atoms with Gasteiger partial charge in [0, 0.05) is 13.2 Å². The number of rotatable bonds is 4. The van der Waals surface area contributed by atoms with Gasteiger partial charge >= 0.3 is 5.97 Å². The first kappa shape index (κ1) is 14.3. The maximum atomic E-state index is 12.2. The summed E-state index contributed by atoms with van der Waals surface area (Å²) < 4.78 is 27.6. The third-order valence-corrected chi connectivity index (χ3v) is 4.21. The number of aromatic nitrogens is 3. The van der Waals surface area contributed by atoms with Crippen LogP contribution in [-0.2, 0) is 17.1 Å². The van der Waals surface area contributed by atoms with Gasteiger partial charge in [-0.25, -0.2) is 9.78 Å². The minimum absolute atomic E-state index is 0.0347. The first-order valence-electron chi connectivity index (χ1n) is 5.21. The monoisotopic (exact) mass is 316 g/mol. The Kier molecular flexibility index (Phi) is 3.64.